The van der Waals surface area contributed by atoms with Gasteiger partial charge in [0.1, 0.15) is 5.75 Å². The summed E-state index contributed by atoms with van der Waals surface area (Å²) in [5.41, 5.74) is 1.47. The van der Waals surface area contributed by atoms with Crippen LogP contribution in [0.5, 0.6) is 5.75 Å². The van der Waals surface area contributed by atoms with Gasteiger partial charge in [-0.2, -0.15) is 0 Å². The molecule has 0 amide bonds. The number of carbonyl (C=O) groups is 1. The van der Waals surface area contributed by atoms with Crippen molar-refractivity contribution in [3.63, 3.8) is 0 Å². The Kier molecular flexibility index (Phi) is 2.55. The molecule has 2 aromatic rings. The summed E-state index contributed by atoms with van der Waals surface area (Å²) in [5, 5.41) is 28.9. The molecule has 0 aliphatic carbocycles. The van der Waals surface area contributed by atoms with Gasteiger partial charge in [0.15, 0.2) is 6.10 Å². The Labute approximate surface area is 97.5 Å². The van der Waals surface area contributed by atoms with Gasteiger partial charge in [0.05, 0.1) is 5.52 Å². The quantitative estimate of drug-likeness (QED) is 0.733. The highest BCUT2D eigenvalue weighted by Gasteiger charge is 2.25. The first kappa shape index (κ1) is 11.5. The number of para-hydroxylation sites is 1. The number of aliphatic hydroxyl groups is 1. The number of rotatable bonds is 2. The molecule has 0 aliphatic rings. The number of nitrogens with zero attached hydrogens (tertiary/aromatic N) is 1. The summed E-state index contributed by atoms with van der Waals surface area (Å²) in [6.07, 6.45) is -1.58. The number of aromatic nitrogens is 1. The first-order valence-corrected chi connectivity index (χ1v) is 5.13. The second-order valence-electron chi connectivity index (χ2n) is 3.97. The van der Waals surface area contributed by atoms with Crippen molar-refractivity contribution in [2.75, 3.05) is 0 Å². The van der Waals surface area contributed by atoms with E-state index in [2.05, 4.69) is 0 Å². The van der Waals surface area contributed by atoms with E-state index in [1.54, 1.807) is 30.7 Å². The van der Waals surface area contributed by atoms with Gasteiger partial charge in [-0.25, -0.2) is 4.79 Å². The molecule has 90 valence electrons. The standard InChI is InChI=1S/C12H13NO4/c1-6-9(11(15)12(16)17)7-4-3-5-8(14)10(7)13(6)2/h3-5,11,14-15H,1-2H3,(H,16,17). The van der Waals surface area contributed by atoms with Crippen molar-refractivity contribution in [3.8, 4) is 5.75 Å². The number of aliphatic carboxylic acids is 1. The van der Waals surface area contributed by atoms with Crippen molar-refractivity contribution < 1.29 is 20.1 Å². The minimum atomic E-state index is -1.58. The molecule has 0 bridgehead atoms. The molecule has 1 heterocycles. The van der Waals surface area contributed by atoms with E-state index in [4.69, 9.17) is 5.11 Å². The topological polar surface area (TPSA) is 82.7 Å². The van der Waals surface area contributed by atoms with E-state index in [1.807, 2.05) is 0 Å². The molecule has 3 N–H and O–H groups in total. The fourth-order valence-corrected chi connectivity index (χ4v) is 2.11. The van der Waals surface area contributed by atoms with Gasteiger partial charge in [-0.1, -0.05) is 12.1 Å². The van der Waals surface area contributed by atoms with E-state index in [1.165, 1.54) is 6.07 Å². The van der Waals surface area contributed by atoms with E-state index in [-0.39, 0.29) is 5.75 Å². The molecular weight excluding hydrogens is 222 g/mol. The van der Waals surface area contributed by atoms with Gasteiger partial charge in [0.25, 0.3) is 0 Å². The lowest BCUT2D eigenvalue weighted by atomic mass is 10.1. The number of phenolic OH excluding ortho intramolecular Hbond substituents is 1. The normalized spacial score (nSPS) is 12.9. The zero-order valence-electron chi connectivity index (χ0n) is 9.51. The fraction of sp³-hybridized carbons (Fsp3) is 0.250. The Balaban J connectivity index is 2.85. The molecule has 1 unspecified atom stereocenters. The second-order valence-corrected chi connectivity index (χ2v) is 3.97. The van der Waals surface area contributed by atoms with Gasteiger partial charge in [-0.15, -0.1) is 0 Å². The predicted octanol–water partition coefficient (Wildman–Crippen LogP) is 1.31. The Morgan fingerprint density at radius 2 is 2.06 bits per heavy atom. The Bertz CT molecular complexity index is 600. The Morgan fingerprint density at radius 3 is 2.65 bits per heavy atom. The molecule has 0 saturated heterocycles. The van der Waals surface area contributed by atoms with E-state index in [0.717, 1.165) is 0 Å². The summed E-state index contributed by atoms with van der Waals surface area (Å²) in [6, 6.07) is 4.83. The van der Waals surface area contributed by atoms with Crippen molar-refractivity contribution in [1.29, 1.82) is 0 Å². The number of hydrogen-bond acceptors (Lipinski definition) is 3. The highest BCUT2D eigenvalue weighted by molar-refractivity contribution is 5.93. The number of fused-ring (bicyclic) bond motifs is 1. The first-order valence-electron chi connectivity index (χ1n) is 5.13. The fourth-order valence-electron chi connectivity index (χ4n) is 2.11. The average molecular weight is 235 g/mol. The van der Waals surface area contributed by atoms with Crippen LogP contribution in [0.3, 0.4) is 0 Å². The van der Waals surface area contributed by atoms with Crippen LogP contribution >= 0.6 is 0 Å². The summed E-state index contributed by atoms with van der Waals surface area (Å²) in [6.45, 7) is 1.71. The Hall–Kier alpha value is -2.01. The monoisotopic (exact) mass is 235 g/mol. The summed E-state index contributed by atoms with van der Waals surface area (Å²) >= 11 is 0. The van der Waals surface area contributed by atoms with Gasteiger partial charge < -0.3 is 19.9 Å². The number of aryl methyl sites for hydroxylation is 1. The minimum Gasteiger partial charge on any atom is -0.506 e. The molecule has 1 aromatic carbocycles. The van der Waals surface area contributed by atoms with Crippen LogP contribution in [-0.2, 0) is 11.8 Å². The van der Waals surface area contributed by atoms with E-state index >= 15 is 0 Å². The maximum absolute atomic E-state index is 10.9. The molecule has 17 heavy (non-hydrogen) atoms. The lowest BCUT2D eigenvalue weighted by molar-refractivity contribution is -0.146. The van der Waals surface area contributed by atoms with E-state index in [9.17, 15) is 15.0 Å². The van der Waals surface area contributed by atoms with Gasteiger partial charge in [0.2, 0.25) is 0 Å². The molecule has 0 fully saturated rings. The van der Waals surface area contributed by atoms with Crippen molar-refractivity contribution in [3.05, 3.63) is 29.5 Å². The van der Waals surface area contributed by atoms with Crippen molar-refractivity contribution in [1.82, 2.24) is 4.57 Å². The molecule has 1 atom stereocenters. The van der Waals surface area contributed by atoms with Crippen LogP contribution in [-0.4, -0.2) is 25.9 Å². The number of carboxylic acid groups (broad SMARTS) is 1. The molecular formula is C12H13NO4. The molecule has 0 radical (unpaired) electrons. The van der Waals surface area contributed by atoms with Crippen LogP contribution in [0, 0.1) is 6.92 Å². The molecule has 0 spiro atoms. The minimum absolute atomic E-state index is 0.0666. The molecule has 2 rings (SSSR count). The molecule has 0 saturated carbocycles. The van der Waals surface area contributed by atoms with Crippen LogP contribution in [0.15, 0.2) is 18.2 Å². The lowest BCUT2D eigenvalue weighted by Crippen LogP contribution is -2.11. The number of aromatic hydroxyl groups is 1. The smallest absolute Gasteiger partial charge is 0.337 e. The average Bonchev–Trinajstić information content (AvgIpc) is 2.52. The molecule has 0 aliphatic heterocycles. The van der Waals surface area contributed by atoms with Crippen molar-refractivity contribution in [2.24, 2.45) is 7.05 Å². The van der Waals surface area contributed by atoms with Gasteiger partial charge in [0, 0.05) is 23.7 Å². The van der Waals surface area contributed by atoms with Gasteiger partial charge in [-0.05, 0) is 13.0 Å². The van der Waals surface area contributed by atoms with Gasteiger partial charge in [-0.3, -0.25) is 0 Å². The summed E-state index contributed by atoms with van der Waals surface area (Å²) < 4.78 is 1.67. The third kappa shape index (κ3) is 1.55. The maximum Gasteiger partial charge on any atom is 0.337 e. The van der Waals surface area contributed by atoms with Crippen molar-refractivity contribution >= 4 is 16.9 Å². The second kappa shape index (κ2) is 3.78. The van der Waals surface area contributed by atoms with Crippen LogP contribution in [0.25, 0.3) is 10.9 Å². The van der Waals surface area contributed by atoms with Crippen LogP contribution < -0.4 is 0 Å². The zero-order chi connectivity index (χ0) is 12.7. The van der Waals surface area contributed by atoms with E-state index in [0.29, 0.717) is 22.2 Å². The predicted molar refractivity (Wildman–Crippen MR) is 61.9 cm³/mol. The van der Waals surface area contributed by atoms with Crippen LogP contribution in [0.2, 0.25) is 0 Å². The maximum atomic E-state index is 10.9. The number of aliphatic hydroxyl groups excluding tert-OH is 1. The number of carboxylic acids is 1. The zero-order valence-corrected chi connectivity index (χ0v) is 9.51. The number of hydrogen-bond donors (Lipinski definition) is 3. The van der Waals surface area contributed by atoms with E-state index < -0.39 is 12.1 Å². The van der Waals surface area contributed by atoms with Crippen LogP contribution in [0.4, 0.5) is 0 Å². The van der Waals surface area contributed by atoms with Crippen molar-refractivity contribution in [2.45, 2.75) is 13.0 Å². The Morgan fingerprint density at radius 1 is 1.41 bits per heavy atom. The number of phenols is 1. The highest BCUT2D eigenvalue weighted by Crippen LogP contribution is 2.34. The highest BCUT2D eigenvalue weighted by atomic mass is 16.4. The van der Waals surface area contributed by atoms with Crippen LogP contribution in [0.1, 0.15) is 17.4 Å². The molecule has 5 heteroatoms. The molecule has 1 aromatic heterocycles. The summed E-state index contributed by atoms with van der Waals surface area (Å²) in [7, 11) is 1.72. The largest absolute Gasteiger partial charge is 0.506 e. The summed E-state index contributed by atoms with van der Waals surface area (Å²) in [5.74, 6) is -1.24. The van der Waals surface area contributed by atoms with Gasteiger partial charge >= 0.3 is 5.97 Å². The molecule has 5 nitrogen and oxygen atoms in total. The number of benzene rings is 1. The third-order valence-electron chi connectivity index (χ3n) is 3.04. The SMILES string of the molecule is Cc1c(C(O)C(=O)O)c2cccc(O)c2n1C. The summed E-state index contributed by atoms with van der Waals surface area (Å²) in [4.78, 5) is 10.9. The lowest BCUT2D eigenvalue weighted by Gasteiger charge is -2.06. The first-order chi connectivity index (χ1) is 7.95. The third-order valence-corrected chi connectivity index (χ3v) is 3.04.